The minimum Gasteiger partial charge on any atom is -0.504 e. The number of ether oxygens (including phenoxy) is 6. The summed E-state index contributed by atoms with van der Waals surface area (Å²) in [5, 5.41) is 44.3. The number of hydrogen-bond acceptors (Lipinski definition) is 12. The summed E-state index contributed by atoms with van der Waals surface area (Å²) in [6.45, 7) is 1.77. The van der Waals surface area contributed by atoms with Gasteiger partial charge < -0.3 is 43.7 Å². The van der Waals surface area contributed by atoms with E-state index in [1.807, 2.05) is 67.6 Å². The van der Waals surface area contributed by atoms with Crippen LogP contribution in [0.5, 0.6) is 34.5 Å². The van der Waals surface area contributed by atoms with Gasteiger partial charge in [0.1, 0.15) is 48.8 Å². The van der Waals surface area contributed by atoms with E-state index >= 15 is 0 Å². The van der Waals surface area contributed by atoms with Gasteiger partial charge in [0, 0.05) is 18.6 Å². The summed E-state index contributed by atoms with van der Waals surface area (Å²) in [4.78, 5) is 16.3. The molecular weight excluding hydrogens is 638 g/mol. The van der Waals surface area contributed by atoms with E-state index in [1.165, 1.54) is 30.3 Å². The van der Waals surface area contributed by atoms with Gasteiger partial charge in [-0.05, 0) is 41.8 Å². The Balaban J connectivity index is 1.33. The van der Waals surface area contributed by atoms with Crippen molar-refractivity contribution in [2.75, 3.05) is 13.2 Å². The molecule has 1 unspecified atom stereocenters. The van der Waals surface area contributed by atoms with Gasteiger partial charge in [0.25, 0.3) is 10.9 Å². The predicted molar refractivity (Wildman–Crippen MR) is 173 cm³/mol. The zero-order valence-electron chi connectivity index (χ0n) is 26.7. The molecule has 0 aromatic heterocycles. The Bertz CT molecular complexity index is 1720. The maximum atomic E-state index is 12.4. The lowest BCUT2D eigenvalue weighted by Gasteiger charge is -2.45. The fourth-order valence-electron chi connectivity index (χ4n) is 6.04. The number of benzene rings is 4. The lowest BCUT2D eigenvalue weighted by Crippen LogP contribution is -2.67. The van der Waals surface area contributed by atoms with E-state index in [2.05, 4.69) is 0 Å². The van der Waals surface area contributed by atoms with Crippen LogP contribution in [0.25, 0.3) is 0 Å². The molecular formula is C36H37NO12. The number of hydrogen-bond donors (Lipinski definition) is 3. The molecule has 2 heterocycles. The molecule has 2 aliphatic heterocycles. The lowest BCUT2D eigenvalue weighted by molar-refractivity contribution is -0.711. The quantitative estimate of drug-likeness (QED) is 0.0881. The molecule has 0 aliphatic carbocycles. The highest BCUT2D eigenvalue weighted by Crippen LogP contribution is 2.47. The van der Waals surface area contributed by atoms with E-state index in [-0.39, 0.29) is 67.3 Å². The number of phenolic OH excluding ortho intramolecular Hbond substituents is 1. The summed E-state index contributed by atoms with van der Waals surface area (Å²) < 4.78 is 36.3. The average molecular weight is 676 g/mol. The molecule has 0 amide bonds. The van der Waals surface area contributed by atoms with Gasteiger partial charge >= 0.3 is 0 Å². The molecule has 49 heavy (non-hydrogen) atoms. The monoisotopic (exact) mass is 675 g/mol. The Labute approximate surface area is 282 Å². The normalized spacial score (nSPS) is 22.5. The van der Waals surface area contributed by atoms with Crippen LogP contribution >= 0.6 is 0 Å². The molecule has 6 rings (SSSR count). The SMILES string of the molecule is CCCC(Oc1ccc(OCc2ccccc2)c(O)c1)(Oc1ccc(OCc2ccccc2)c(O[N+](=O)[O-])c1)[C@]1(O)CO[C@@H]2[C@@H](O)CO[C@@H]21. The van der Waals surface area contributed by atoms with Crippen molar-refractivity contribution in [3.8, 4) is 34.5 Å². The third-order valence-corrected chi connectivity index (χ3v) is 8.39. The van der Waals surface area contributed by atoms with Crippen LogP contribution < -0.4 is 23.8 Å². The van der Waals surface area contributed by atoms with Gasteiger partial charge in [0.2, 0.25) is 0 Å². The van der Waals surface area contributed by atoms with Crippen molar-refractivity contribution in [2.24, 2.45) is 0 Å². The van der Waals surface area contributed by atoms with Gasteiger partial charge in [0.05, 0.1) is 13.2 Å². The third-order valence-electron chi connectivity index (χ3n) is 8.39. The van der Waals surface area contributed by atoms with Gasteiger partial charge in [-0.15, -0.1) is 10.1 Å². The first-order valence-electron chi connectivity index (χ1n) is 15.8. The number of phenols is 1. The molecule has 0 radical (unpaired) electrons. The smallest absolute Gasteiger partial charge is 0.299 e. The van der Waals surface area contributed by atoms with Crippen molar-refractivity contribution in [2.45, 2.75) is 62.7 Å². The average Bonchev–Trinajstić information content (AvgIpc) is 3.65. The van der Waals surface area contributed by atoms with Crippen LogP contribution in [-0.2, 0) is 22.7 Å². The third kappa shape index (κ3) is 7.34. The predicted octanol–water partition coefficient (Wildman–Crippen LogP) is 4.96. The summed E-state index contributed by atoms with van der Waals surface area (Å²) >= 11 is 0. The van der Waals surface area contributed by atoms with Gasteiger partial charge in [-0.2, -0.15) is 0 Å². The number of aromatic hydroxyl groups is 1. The molecule has 13 nitrogen and oxygen atoms in total. The van der Waals surface area contributed by atoms with E-state index < -0.39 is 34.8 Å². The van der Waals surface area contributed by atoms with E-state index in [4.69, 9.17) is 33.3 Å². The fraction of sp³-hybridized carbons (Fsp3) is 0.333. The summed E-state index contributed by atoms with van der Waals surface area (Å²) in [6, 6.07) is 27.3. The van der Waals surface area contributed by atoms with Crippen LogP contribution in [0.4, 0.5) is 0 Å². The van der Waals surface area contributed by atoms with E-state index in [0.717, 1.165) is 11.1 Å². The Morgan fingerprint density at radius 3 is 2.04 bits per heavy atom. The second kappa shape index (κ2) is 14.6. The zero-order chi connectivity index (χ0) is 34.4. The molecule has 3 N–H and O–H groups in total. The molecule has 2 saturated heterocycles. The minimum absolute atomic E-state index is 0.0276. The summed E-state index contributed by atoms with van der Waals surface area (Å²) in [5.74, 6) is -2.02. The topological polar surface area (TPSA) is 168 Å². The first-order valence-corrected chi connectivity index (χ1v) is 15.8. The highest BCUT2D eigenvalue weighted by Gasteiger charge is 2.68. The van der Waals surface area contributed by atoms with Crippen molar-refractivity contribution < 1.29 is 53.7 Å². The van der Waals surface area contributed by atoms with Gasteiger partial charge in [-0.3, -0.25) is 4.84 Å². The number of nitrogens with zero attached hydrogens (tertiary/aromatic N) is 1. The molecule has 0 bridgehead atoms. The van der Waals surface area contributed by atoms with Crippen LogP contribution in [0.2, 0.25) is 0 Å². The van der Waals surface area contributed by atoms with Crippen LogP contribution in [0.15, 0.2) is 97.1 Å². The summed E-state index contributed by atoms with van der Waals surface area (Å²) in [7, 11) is 0. The van der Waals surface area contributed by atoms with E-state index in [9.17, 15) is 25.4 Å². The number of aliphatic hydroxyl groups excluding tert-OH is 1. The summed E-state index contributed by atoms with van der Waals surface area (Å²) in [6.07, 6.45) is -2.44. The lowest BCUT2D eigenvalue weighted by atomic mass is 9.84. The maximum absolute atomic E-state index is 12.4. The molecule has 2 fully saturated rings. The van der Waals surface area contributed by atoms with Crippen molar-refractivity contribution in [1.82, 2.24) is 0 Å². The van der Waals surface area contributed by atoms with Crippen LogP contribution in [-0.4, -0.2) is 63.3 Å². The van der Waals surface area contributed by atoms with E-state index in [1.54, 1.807) is 6.07 Å². The molecule has 5 atom stereocenters. The first-order chi connectivity index (χ1) is 23.7. The Kier molecular flexibility index (Phi) is 10.1. The minimum atomic E-state index is -2.00. The van der Waals surface area contributed by atoms with E-state index in [0.29, 0.717) is 6.42 Å². The fourth-order valence-corrected chi connectivity index (χ4v) is 6.04. The maximum Gasteiger partial charge on any atom is 0.299 e. The van der Waals surface area contributed by atoms with Crippen molar-refractivity contribution >= 4 is 0 Å². The van der Waals surface area contributed by atoms with Crippen LogP contribution in [0, 0.1) is 10.1 Å². The summed E-state index contributed by atoms with van der Waals surface area (Å²) in [5.41, 5.74) is -0.261. The first kappa shape index (κ1) is 33.8. The second-order valence-electron chi connectivity index (χ2n) is 11.8. The van der Waals surface area contributed by atoms with Gasteiger partial charge in [-0.25, -0.2) is 0 Å². The van der Waals surface area contributed by atoms with Crippen LogP contribution in [0.3, 0.4) is 0 Å². The second-order valence-corrected chi connectivity index (χ2v) is 11.8. The standard InChI is InChI=1S/C36H37NO12/c1-2-17-36(35(40)23-46-33-29(39)22-45-34(33)35,47-26-13-15-30(28(38)18-26)43-20-24-9-5-3-6-10-24)48-27-14-16-31(32(19-27)49-37(41)42)44-21-25-11-7-4-8-12-25/h3-16,18-19,29,33-34,38-40H,2,17,20-23H2,1H3/t29-,33+,34-,35-,36?/m0/s1. The van der Waals surface area contributed by atoms with Crippen molar-refractivity contribution in [1.29, 1.82) is 0 Å². The van der Waals surface area contributed by atoms with Gasteiger partial charge in [-0.1, -0.05) is 67.6 Å². The number of fused-ring (bicyclic) bond motifs is 1. The number of aliphatic hydroxyl groups is 2. The van der Waals surface area contributed by atoms with Crippen LogP contribution in [0.1, 0.15) is 30.9 Å². The Hall–Kier alpha value is -5.08. The van der Waals surface area contributed by atoms with Crippen molar-refractivity contribution in [3.05, 3.63) is 118 Å². The molecule has 4 aromatic carbocycles. The molecule has 2 aliphatic rings. The molecule has 0 spiro atoms. The zero-order valence-corrected chi connectivity index (χ0v) is 26.7. The number of rotatable bonds is 15. The molecule has 258 valence electrons. The highest BCUT2D eigenvalue weighted by atomic mass is 17.0. The molecule has 0 saturated carbocycles. The Morgan fingerprint density at radius 1 is 0.857 bits per heavy atom. The van der Waals surface area contributed by atoms with Gasteiger partial charge in [0.15, 0.2) is 22.8 Å². The molecule has 13 heteroatoms. The Morgan fingerprint density at radius 2 is 1.45 bits per heavy atom. The van der Waals surface area contributed by atoms with Crippen molar-refractivity contribution in [3.63, 3.8) is 0 Å². The highest BCUT2D eigenvalue weighted by molar-refractivity contribution is 5.47. The molecule has 4 aromatic rings. The largest absolute Gasteiger partial charge is 0.504 e.